The average Bonchev–Trinajstić information content (AvgIpc) is 3.38. The van der Waals surface area contributed by atoms with E-state index in [4.69, 9.17) is 0 Å². The third-order valence-corrected chi connectivity index (χ3v) is 8.89. The van der Waals surface area contributed by atoms with Crippen molar-refractivity contribution in [1.82, 2.24) is 14.7 Å². The molecule has 2 amide bonds. The number of rotatable bonds is 11. The number of benzene rings is 1. The molecule has 1 atom stereocenters. The molecule has 2 aromatic rings. The Bertz CT molecular complexity index is 996. The molecule has 5 nitrogen and oxygen atoms in total. The minimum atomic E-state index is 0.220. The van der Waals surface area contributed by atoms with Gasteiger partial charge in [-0.1, -0.05) is 63.3 Å². The van der Waals surface area contributed by atoms with Gasteiger partial charge in [0.2, 0.25) is 11.8 Å². The molecule has 3 heterocycles. The summed E-state index contributed by atoms with van der Waals surface area (Å²) in [6, 6.07) is 11.1. The molecule has 36 heavy (non-hydrogen) atoms. The van der Waals surface area contributed by atoms with Crippen molar-refractivity contribution in [3.05, 3.63) is 57.3 Å². The van der Waals surface area contributed by atoms with E-state index in [0.29, 0.717) is 39.0 Å². The van der Waals surface area contributed by atoms with Crippen molar-refractivity contribution < 1.29 is 9.59 Å². The fraction of sp³-hybridized carbons (Fsp3) is 0.600. The highest BCUT2D eigenvalue weighted by molar-refractivity contribution is 7.10. The van der Waals surface area contributed by atoms with Gasteiger partial charge in [-0.3, -0.25) is 14.5 Å². The maximum Gasteiger partial charge on any atom is 0.223 e. The maximum atomic E-state index is 13.1. The summed E-state index contributed by atoms with van der Waals surface area (Å²) >= 11 is 1.86. The van der Waals surface area contributed by atoms with Crippen LogP contribution in [0.25, 0.3) is 0 Å². The quantitative estimate of drug-likeness (QED) is 0.359. The van der Waals surface area contributed by atoms with Crippen LogP contribution < -0.4 is 0 Å². The Labute approximate surface area is 221 Å². The second-order valence-electron chi connectivity index (χ2n) is 10.4. The predicted molar refractivity (Wildman–Crippen MR) is 148 cm³/mol. The Kier molecular flexibility index (Phi) is 9.99. The first-order valence-corrected chi connectivity index (χ1v) is 14.9. The number of amides is 2. The van der Waals surface area contributed by atoms with Crippen LogP contribution >= 0.6 is 11.3 Å². The van der Waals surface area contributed by atoms with E-state index in [2.05, 4.69) is 54.5 Å². The van der Waals surface area contributed by atoms with Crippen LogP contribution in [0, 0.1) is 6.92 Å². The molecule has 2 aliphatic heterocycles. The highest BCUT2D eigenvalue weighted by Gasteiger charge is 2.31. The number of aryl methyl sites for hydroxylation is 1. The van der Waals surface area contributed by atoms with Crippen LogP contribution in [0.4, 0.5) is 0 Å². The topological polar surface area (TPSA) is 43.9 Å². The molecule has 1 unspecified atom stereocenters. The molecule has 6 heteroatoms. The Morgan fingerprint density at radius 1 is 0.833 bits per heavy atom. The van der Waals surface area contributed by atoms with Gasteiger partial charge in [-0.15, -0.1) is 11.3 Å². The minimum Gasteiger partial charge on any atom is -0.339 e. The number of hydrogen-bond acceptors (Lipinski definition) is 4. The number of thiophene rings is 1. The zero-order valence-electron chi connectivity index (χ0n) is 22.2. The van der Waals surface area contributed by atoms with Crippen LogP contribution in [0.3, 0.4) is 0 Å². The lowest BCUT2D eigenvalue weighted by Crippen LogP contribution is -2.51. The van der Waals surface area contributed by atoms with Crippen LogP contribution in [0.15, 0.2) is 35.7 Å². The summed E-state index contributed by atoms with van der Waals surface area (Å²) in [5, 5.41) is 2.21. The fourth-order valence-corrected chi connectivity index (χ4v) is 6.59. The zero-order chi connectivity index (χ0) is 25.3. The number of piperazine rings is 1. The Morgan fingerprint density at radius 2 is 1.50 bits per heavy atom. The van der Waals surface area contributed by atoms with E-state index in [9.17, 15) is 9.59 Å². The van der Waals surface area contributed by atoms with Crippen molar-refractivity contribution in [2.24, 2.45) is 0 Å². The van der Waals surface area contributed by atoms with Gasteiger partial charge in [-0.2, -0.15) is 0 Å². The number of carbonyl (C=O) groups is 2. The van der Waals surface area contributed by atoms with E-state index < -0.39 is 0 Å². The number of nitrogens with zero attached hydrogens (tertiary/aromatic N) is 3. The average molecular weight is 510 g/mol. The first kappa shape index (κ1) is 26.9. The maximum absolute atomic E-state index is 13.1. The molecule has 0 spiro atoms. The van der Waals surface area contributed by atoms with E-state index in [0.717, 1.165) is 32.4 Å². The number of unbranched alkanes of at least 4 members (excludes halogenated alkanes) is 5. The predicted octanol–water partition coefficient (Wildman–Crippen LogP) is 5.82. The summed E-state index contributed by atoms with van der Waals surface area (Å²) in [5.74, 6) is 0.483. The Hall–Kier alpha value is -2.18. The van der Waals surface area contributed by atoms with Gasteiger partial charge >= 0.3 is 0 Å². The molecule has 0 saturated carbocycles. The molecule has 4 rings (SSSR count). The van der Waals surface area contributed by atoms with Gasteiger partial charge in [0.1, 0.15) is 0 Å². The summed E-state index contributed by atoms with van der Waals surface area (Å²) in [6.45, 7) is 8.84. The van der Waals surface area contributed by atoms with E-state index >= 15 is 0 Å². The highest BCUT2D eigenvalue weighted by Crippen LogP contribution is 2.38. The van der Waals surface area contributed by atoms with Crippen LogP contribution in [0.1, 0.15) is 85.9 Å². The van der Waals surface area contributed by atoms with Crippen LogP contribution in [0.2, 0.25) is 0 Å². The largest absolute Gasteiger partial charge is 0.339 e. The number of hydrogen-bond donors (Lipinski definition) is 0. The number of fused-ring (bicyclic) bond motifs is 1. The van der Waals surface area contributed by atoms with Gasteiger partial charge in [-0.25, -0.2) is 0 Å². The summed E-state index contributed by atoms with van der Waals surface area (Å²) < 4.78 is 0. The SMILES string of the molecule is CCCCCCCCC(=O)N1CCN(C(=O)CCN2CCc3sccc3C2c2ccccc2C)CC1. The molecule has 2 aliphatic rings. The third-order valence-electron chi connectivity index (χ3n) is 7.89. The van der Waals surface area contributed by atoms with Crippen molar-refractivity contribution in [3.63, 3.8) is 0 Å². The lowest BCUT2D eigenvalue weighted by Gasteiger charge is -2.38. The highest BCUT2D eigenvalue weighted by atomic mass is 32.1. The van der Waals surface area contributed by atoms with Gasteiger partial charge < -0.3 is 9.80 Å². The van der Waals surface area contributed by atoms with Gasteiger partial charge in [0.05, 0.1) is 6.04 Å². The lowest BCUT2D eigenvalue weighted by atomic mass is 9.90. The normalized spacial score (nSPS) is 18.3. The van der Waals surface area contributed by atoms with Crippen LogP contribution in [0.5, 0.6) is 0 Å². The van der Waals surface area contributed by atoms with Crippen LogP contribution in [-0.4, -0.2) is 65.8 Å². The molecule has 196 valence electrons. The second kappa shape index (κ2) is 13.4. The zero-order valence-corrected chi connectivity index (χ0v) is 23.0. The Balaban J connectivity index is 1.25. The monoisotopic (exact) mass is 509 g/mol. The van der Waals surface area contributed by atoms with Crippen molar-refractivity contribution in [3.8, 4) is 0 Å². The molecule has 0 N–H and O–H groups in total. The molecule has 1 aromatic heterocycles. The first-order valence-electron chi connectivity index (χ1n) is 14.0. The van der Waals surface area contributed by atoms with Gasteiger partial charge in [0, 0.05) is 57.0 Å². The smallest absolute Gasteiger partial charge is 0.223 e. The van der Waals surface area contributed by atoms with E-state index in [1.807, 2.05) is 21.1 Å². The summed E-state index contributed by atoms with van der Waals surface area (Å²) in [7, 11) is 0. The molecule has 0 bridgehead atoms. The molecule has 1 saturated heterocycles. The first-order chi connectivity index (χ1) is 17.6. The van der Waals surface area contributed by atoms with E-state index in [1.165, 1.54) is 47.3 Å². The van der Waals surface area contributed by atoms with Crippen molar-refractivity contribution in [2.45, 2.75) is 77.7 Å². The van der Waals surface area contributed by atoms with Crippen LogP contribution in [-0.2, 0) is 16.0 Å². The minimum absolute atomic E-state index is 0.220. The molecular weight excluding hydrogens is 466 g/mol. The Morgan fingerprint density at radius 3 is 2.22 bits per heavy atom. The summed E-state index contributed by atoms with van der Waals surface area (Å²) in [6.07, 6.45) is 9.45. The third kappa shape index (κ3) is 6.77. The number of carbonyl (C=O) groups excluding carboxylic acids is 2. The van der Waals surface area contributed by atoms with Crippen molar-refractivity contribution in [1.29, 1.82) is 0 Å². The van der Waals surface area contributed by atoms with Crippen molar-refractivity contribution >= 4 is 23.2 Å². The summed E-state index contributed by atoms with van der Waals surface area (Å²) in [5.41, 5.74) is 4.06. The van der Waals surface area contributed by atoms with E-state index in [1.54, 1.807) is 0 Å². The second-order valence-corrected chi connectivity index (χ2v) is 11.4. The van der Waals surface area contributed by atoms with Gasteiger partial charge in [0.15, 0.2) is 0 Å². The molecule has 1 fully saturated rings. The van der Waals surface area contributed by atoms with Crippen molar-refractivity contribution in [2.75, 3.05) is 39.3 Å². The van der Waals surface area contributed by atoms with Gasteiger partial charge in [-0.05, 0) is 47.9 Å². The molecule has 1 aromatic carbocycles. The van der Waals surface area contributed by atoms with E-state index in [-0.39, 0.29) is 17.9 Å². The van der Waals surface area contributed by atoms with Gasteiger partial charge in [0.25, 0.3) is 0 Å². The molecule has 0 aliphatic carbocycles. The molecule has 0 radical (unpaired) electrons. The lowest BCUT2D eigenvalue weighted by molar-refractivity contribution is -0.139. The summed E-state index contributed by atoms with van der Waals surface area (Å²) in [4.78, 5) is 33.6. The molecular formula is C30H43N3O2S. The standard InChI is InChI=1S/C30H43N3O2S/c1-3-4-5-6-7-8-13-28(34)31-19-21-32(22-20-31)29(35)15-18-33-17-14-27-26(16-23-36-27)30(33)25-12-10-9-11-24(25)2/h9-12,16,23,30H,3-8,13-15,17-22H2,1-2H3. The fourth-order valence-electron chi connectivity index (χ4n) is 5.68.